The number of aryl methyl sites for hydroxylation is 1. The lowest BCUT2D eigenvalue weighted by Crippen LogP contribution is -2.21. The molecule has 1 saturated carbocycles. The highest BCUT2D eigenvalue weighted by atomic mass is 32.1. The van der Waals surface area contributed by atoms with Gasteiger partial charge in [-0.1, -0.05) is 62.4 Å². The second kappa shape index (κ2) is 7.52. The molecular formula is C21H25N3S. The number of nitrogens with one attached hydrogen (secondary N) is 1. The van der Waals surface area contributed by atoms with E-state index in [1.165, 1.54) is 61.5 Å². The maximum absolute atomic E-state index is 4.79. The molecule has 2 aromatic heterocycles. The summed E-state index contributed by atoms with van der Waals surface area (Å²) in [6, 6.07) is 11.1. The molecule has 2 heterocycles. The summed E-state index contributed by atoms with van der Waals surface area (Å²) in [7, 11) is 0. The summed E-state index contributed by atoms with van der Waals surface area (Å²) in [6.07, 6.45) is 9.26. The molecule has 0 radical (unpaired) electrons. The van der Waals surface area contributed by atoms with E-state index in [-0.39, 0.29) is 0 Å². The lowest BCUT2D eigenvalue weighted by Gasteiger charge is -2.22. The Morgan fingerprint density at radius 1 is 0.960 bits per heavy atom. The Kier molecular flexibility index (Phi) is 4.97. The van der Waals surface area contributed by atoms with Crippen LogP contribution in [0.2, 0.25) is 0 Å². The summed E-state index contributed by atoms with van der Waals surface area (Å²) in [5.41, 5.74) is 2.48. The molecule has 1 N–H and O–H groups in total. The van der Waals surface area contributed by atoms with Crippen molar-refractivity contribution in [3.8, 4) is 11.1 Å². The average Bonchev–Trinajstić information content (AvgIpc) is 3.02. The molecule has 3 nitrogen and oxygen atoms in total. The van der Waals surface area contributed by atoms with Crippen LogP contribution in [0, 0.1) is 6.92 Å². The van der Waals surface area contributed by atoms with E-state index in [0.29, 0.717) is 6.04 Å². The lowest BCUT2D eigenvalue weighted by atomic mass is 9.96. The van der Waals surface area contributed by atoms with Crippen LogP contribution in [0.5, 0.6) is 0 Å². The minimum Gasteiger partial charge on any atom is -0.367 e. The number of thiophene rings is 1. The van der Waals surface area contributed by atoms with E-state index < -0.39 is 0 Å². The van der Waals surface area contributed by atoms with E-state index in [1.807, 2.05) is 6.92 Å². The maximum atomic E-state index is 4.79. The molecule has 0 amide bonds. The van der Waals surface area contributed by atoms with E-state index in [1.54, 1.807) is 11.3 Å². The zero-order valence-electron chi connectivity index (χ0n) is 14.8. The van der Waals surface area contributed by atoms with Gasteiger partial charge in [-0.25, -0.2) is 9.97 Å². The number of benzene rings is 1. The van der Waals surface area contributed by atoms with E-state index in [2.05, 4.69) is 46.0 Å². The molecule has 4 heteroatoms. The fourth-order valence-electron chi connectivity index (χ4n) is 3.78. The smallest absolute Gasteiger partial charge is 0.139 e. The lowest BCUT2D eigenvalue weighted by molar-refractivity contribution is 0.471. The van der Waals surface area contributed by atoms with Crippen LogP contribution >= 0.6 is 11.3 Å². The highest BCUT2D eigenvalue weighted by molar-refractivity contribution is 7.17. The average molecular weight is 352 g/mol. The van der Waals surface area contributed by atoms with Crippen molar-refractivity contribution in [2.24, 2.45) is 0 Å². The SMILES string of the molecule is Cc1nc(NC2CCCCCCC2)c2c(-c3ccccc3)csc2n1. The molecule has 25 heavy (non-hydrogen) atoms. The Morgan fingerprint density at radius 2 is 1.68 bits per heavy atom. The Labute approximate surface area is 153 Å². The number of hydrogen-bond acceptors (Lipinski definition) is 4. The van der Waals surface area contributed by atoms with Gasteiger partial charge in [0.25, 0.3) is 0 Å². The molecule has 0 bridgehead atoms. The van der Waals surface area contributed by atoms with Gasteiger partial charge in [0, 0.05) is 17.0 Å². The first-order chi connectivity index (χ1) is 12.3. The van der Waals surface area contributed by atoms with Gasteiger partial charge in [-0.3, -0.25) is 0 Å². The van der Waals surface area contributed by atoms with Crippen LogP contribution in [0.3, 0.4) is 0 Å². The fraction of sp³-hybridized carbons (Fsp3) is 0.429. The summed E-state index contributed by atoms with van der Waals surface area (Å²) in [5.74, 6) is 1.87. The topological polar surface area (TPSA) is 37.8 Å². The van der Waals surface area contributed by atoms with Gasteiger partial charge in [-0.15, -0.1) is 11.3 Å². The van der Waals surface area contributed by atoms with Crippen molar-refractivity contribution in [2.75, 3.05) is 5.32 Å². The predicted molar refractivity (Wildman–Crippen MR) is 107 cm³/mol. The monoisotopic (exact) mass is 351 g/mol. The molecule has 0 saturated heterocycles. The minimum absolute atomic E-state index is 0.529. The first-order valence-electron chi connectivity index (χ1n) is 9.39. The van der Waals surface area contributed by atoms with Crippen molar-refractivity contribution in [3.05, 3.63) is 41.5 Å². The zero-order chi connectivity index (χ0) is 17.1. The number of fused-ring (bicyclic) bond motifs is 1. The van der Waals surface area contributed by atoms with Crippen LogP contribution in [-0.4, -0.2) is 16.0 Å². The van der Waals surface area contributed by atoms with Gasteiger partial charge in [-0.2, -0.15) is 0 Å². The van der Waals surface area contributed by atoms with Crippen LogP contribution in [0.15, 0.2) is 35.7 Å². The van der Waals surface area contributed by atoms with Crippen molar-refractivity contribution in [1.82, 2.24) is 9.97 Å². The summed E-state index contributed by atoms with van der Waals surface area (Å²) >= 11 is 1.72. The highest BCUT2D eigenvalue weighted by Crippen LogP contribution is 2.37. The third kappa shape index (κ3) is 3.69. The quantitative estimate of drug-likeness (QED) is 0.611. The molecule has 1 aliphatic rings. The van der Waals surface area contributed by atoms with E-state index in [9.17, 15) is 0 Å². The Bertz CT molecular complexity index is 833. The first-order valence-corrected chi connectivity index (χ1v) is 10.3. The molecule has 4 rings (SSSR count). The molecule has 1 aliphatic carbocycles. The first kappa shape index (κ1) is 16.5. The van der Waals surface area contributed by atoms with E-state index >= 15 is 0 Å². The molecule has 3 aromatic rings. The summed E-state index contributed by atoms with van der Waals surface area (Å²) in [6.45, 7) is 1.99. The van der Waals surface area contributed by atoms with Crippen molar-refractivity contribution in [3.63, 3.8) is 0 Å². The van der Waals surface area contributed by atoms with Crippen LogP contribution in [0.4, 0.5) is 5.82 Å². The van der Waals surface area contributed by atoms with Gasteiger partial charge in [0.15, 0.2) is 0 Å². The van der Waals surface area contributed by atoms with Gasteiger partial charge in [0.05, 0.1) is 5.39 Å². The normalized spacial score (nSPS) is 16.5. The van der Waals surface area contributed by atoms with Gasteiger partial charge in [0.1, 0.15) is 16.5 Å². The number of hydrogen-bond donors (Lipinski definition) is 1. The molecule has 1 fully saturated rings. The number of rotatable bonds is 3. The Balaban J connectivity index is 1.73. The van der Waals surface area contributed by atoms with Crippen molar-refractivity contribution >= 4 is 27.4 Å². The molecule has 0 unspecified atom stereocenters. The van der Waals surface area contributed by atoms with Crippen LogP contribution in [-0.2, 0) is 0 Å². The standard InChI is InChI=1S/C21H25N3S/c1-15-22-20(24-17-12-8-3-2-4-9-13-17)19-18(14-25-21(19)23-15)16-10-6-5-7-11-16/h5-7,10-11,14,17H,2-4,8-9,12-13H2,1H3,(H,22,23,24). The summed E-state index contributed by atoms with van der Waals surface area (Å²) in [5, 5.41) is 7.19. The maximum Gasteiger partial charge on any atom is 0.139 e. The largest absolute Gasteiger partial charge is 0.367 e. The number of anilines is 1. The zero-order valence-corrected chi connectivity index (χ0v) is 15.6. The fourth-order valence-corrected chi connectivity index (χ4v) is 4.77. The van der Waals surface area contributed by atoms with Crippen LogP contribution in [0.1, 0.15) is 50.8 Å². The van der Waals surface area contributed by atoms with Gasteiger partial charge < -0.3 is 5.32 Å². The predicted octanol–water partition coefficient (Wildman–Crippen LogP) is 6.19. The Morgan fingerprint density at radius 3 is 2.44 bits per heavy atom. The third-order valence-electron chi connectivity index (χ3n) is 5.08. The second-order valence-electron chi connectivity index (χ2n) is 7.00. The molecule has 0 aliphatic heterocycles. The summed E-state index contributed by atoms with van der Waals surface area (Å²) in [4.78, 5) is 10.6. The highest BCUT2D eigenvalue weighted by Gasteiger charge is 2.18. The second-order valence-corrected chi connectivity index (χ2v) is 7.86. The minimum atomic E-state index is 0.529. The third-order valence-corrected chi connectivity index (χ3v) is 5.95. The molecule has 0 atom stereocenters. The number of nitrogens with zero attached hydrogens (tertiary/aromatic N) is 2. The van der Waals surface area contributed by atoms with Crippen LogP contribution < -0.4 is 5.32 Å². The van der Waals surface area contributed by atoms with Crippen LogP contribution in [0.25, 0.3) is 21.3 Å². The molecular weight excluding hydrogens is 326 g/mol. The van der Waals surface area contributed by atoms with Crippen molar-refractivity contribution in [1.29, 1.82) is 0 Å². The molecule has 130 valence electrons. The molecule has 0 spiro atoms. The van der Waals surface area contributed by atoms with Crippen molar-refractivity contribution in [2.45, 2.75) is 57.9 Å². The Hall–Kier alpha value is -1.94. The number of aromatic nitrogens is 2. The summed E-state index contributed by atoms with van der Waals surface area (Å²) < 4.78 is 0. The van der Waals surface area contributed by atoms with Gasteiger partial charge in [-0.05, 0) is 25.3 Å². The van der Waals surface area contributed by atoms with Gasteiger partial charge in [0.2, 0.25) is 0 Å². The van der Waals surface area contributed by atoms with E-state index in [4.69, 9.17) is 4.98 Å². The molecule has 1 aromatic carbocycles. The van der Waals surface area contributed by atoms with Gasteiger partial charge >= 0.3 is 0 Å². The van der Waals surface area contributed by atoms with Crippen molar-refractivity contribution < 1.29 is 0 Å². The van der Waals surface area contributed by atoms with E-state index in [0.717, 1.165) is 16.5 Å².